The standard InChI is InChI=1S/C10H16N2O5S2/c11-7-9-1-2-10(17-9)19(15,16)12-8-3-5-18(13,14)6-4-8/h1-2,8,12H,3-7,11H2. The zero-order chi connectivity index (χ0) is 14.1. The van der Waals surface area contributed by atoms with Gasteiger partial charge < -0.3 is 10.2 Å². The van der Waals surface area contributed by atoms with E-state index in [0.717, 1.165) is 0 Å². The SMILES string of the molecule is NCc1ccc(S(=O)(=O)NC2CCS(=O)(=O)CC2)o1. The highest BCUT2D eigenvalue weighted by atomic mass is 32.2. The Hall–Kier alpha value is -0.900. The largest absolute Gasteiger partial charge is 0.447 e. The lowest BCUT2D eigenvalue weighted by molar-refractivity contribution is 0.407. The lowest BCUT2D eigenvalue weighted by atomic mass is 10.2. The van der Waals surface area contributed by atoms with E-state index in [1.807, 2.05) is 0 Å². The monoisotopic (exact) mass is 308 g/mol. The van der Waals surface area contributed by atoms with Gasteiger partial charge in [-0.15, -0.1) is 0 Å². The van der Waals surface area contributed by atoms with E-state index in [-0.39, 0.29) is 42.0 Å². The van der Waals surface area contributed by atoms with Crippen molar-refractivity contribution in [2.45, 2.75) is 30.5 Å². The van der Waals surface area contributed by atoms with Gasteiger partial charge in [-0.3, -0.25) is 0 Å². The molecule has 0 aromatic carbocycles. The van der Waals surface area contributed by atoms with E-state index in [9.17, 15) is 16.8 Å². The van der Waals surface area contributed by atoms with E-state index in [1.54, 1.807) is 0 Å². The van der Waals surface area contributed by atoms with Crippen LogP contribution in [0.4, 0.5) is 0 Å². The summed E-state index contributed by atoms with van der Waals surface area (Å²) in [5.41, 5.74) is 5.34. The molecule has 1 aromatic heterocycles. The van der Waals surface area contributed by atoms with Crippen molar-refractivity contribution in [1.29, 1.82) is 0 Å². The zero-order valence-corrected chi connectivity index (χ0v) is 11.8. The number of hydrogen-bond acceptors (Lipinski definition) is 6. The Bertz CT molecular complexity index is 633. The maximum Gasteiger partial charge on any atom is 0.274 e. The molecular formula is C10H16N2O5S2. The van der Waals surface area contributed by atoms with Crippen LogP contribution in [0.15, 0.2) is 21.6 Å². The smallest absolute Gasteiger partial charge is 0.274 e. The van der Waals surface area contributed by atoms with Crippen LogP contribution >= 0.6 is 0 Å². The Morgan fingerprint density at radius 2 is 1.95 bits per heavy atom. The van der Waals surface area contributed by atoms with Crippen molar-refractivity contribution in [3.63, 3.8) is 0 Å². The van der Waals surface area contributed by atoms with Gasteiger partial charge in [-0.05, 0) is 25.0 Å². The number of rotatable bonds is 4. The Balaban J connectivity index is 2.06. The van der Waals surface area contributed by atoms with Gasteiger partial charge in [0, 0.05) is 6.04 Å². The molecule has 0 unspecified atom stereocenters. The molecule has 0 bridgehead atoms. The molecule has 1 fully saturated rings. The molecule has 0 saturated carbocycles. The molecule has 1 aromatic rings. The van der Waals surface area contributed by atoms with Crippen molar-refractivity contribution in [2.24, 2.45) is 5.73 Å². The number of sulfone groups is 1. The van der Waals surface area contributed by atoms with E-state index in [1.165, 1.54) is 12.1 Å². The van der Waals surface area contributed by atoms with E-state index in [2.05, 4.69) is 4.72 Å². The number of hydrogen-bond donors (Lipinski definition) is 2. The summed E-state index contributed by atoms with van der Waals surface area (Å²) in [5.74, 6) is 0.394. The first kappa shape index (κ1) is 14.5. The first-order valence-electron chi connectivity index (χ1n) is 5.84. The summed E-state index contributed by atoms with van der Waals surface area (Å²) < 4.78 is 54.1. The van der Waals surface area contributed by atoms with Crippen LogP contribution in [0.1, 0.15) is 18.6 Å². The molecule has 1 saturated heterocycles. The van der Waals surface area contributed by atoms with E-state index in [4.69, 9.17) is 10.2 Å². The summed E-state index contributed by atoms with van der Waals surface area (Å²) in [6.07, 6.45) is 0.567. The third kappa shape index (κ3) is 3.56. The van der Waals surface area contributed by atoms with Crippen molar-refractivity contribution < 1.29 is 21.3 Å². The van der Waals surface area contributed by atoms with Crippen molar-refractivity contribution in [3.05, 3.63) is 17.9 Å². The highest BCUT2D eigenvalue weighted by molar-refractivity contribution is 7.91. The van der Waals surface area contributed by atoms with E-state index in [0.29, 0.717) is 5.76 Å². The predicted molar refractivity (Wildman–Crippen MR) is 68.6 cm³/mol. The summed E-state index contributed by atoms with van der Waals surface area (Å²) in [4.78, 5) is 0. The summed E-state index contributed by atoms with van der Waals surface area (Å²) >= 11 is 0. The van der Waals surface area contributed by atoms with Gasteiger partial charge in [-0.25, -0.2) is 21.6 Å². The van der Waals surface area contributed by atoms with Gasteiger partial charge in [0.1, 0.15) is 15.6 Å². The van der Waals surface area contributed by atoms with Crippen molar-refractivity contribution in [1.82, 2.24) is 4.72 Å². The topological polar surface area (TPSA) is 119 Å². The minimum absolute atomic E-state index is 0.00634. The fourth-order valence-corrected chi connectivity index (χ4v) is 4.64. The van der Waals surface area contributed by atoms with Gasteiger partial charge in [0.25, 0.3) is 10.0 Å². The molecular weight excluding hydrogens is 292 g/mol. The molecule has 1 aliphatic heterocycles. The molecule has 2 heterocycles. The molecule has 19 heavy (non-hydrogen) atoms. The summed E-state index contributed by atoms with van der Waals surface area (Å²) in [6, 6.07) is 2.46. The highest BCUT2D eigenvalue weighted by Crippen LogP contribution is 2.17. The third-order valence-electron chi connectivity index (χ3n) is 2.98. The van der Waals surface area contributed by atoms with Crippen LogP contribution in [-0.2, 0) is 26.4 Å². The van der Waals surface area contributed by atoms with Crippen molar-refractivity contribution in [2.75, 3.05) is 11.5 Å². The van der Waals surface area contributed by atoms with Gasteiger partial charge in [-0.1, -0.05) is 0 Å². The molecule has 7 nitrogen and oxygen atoms in total. The minimum Gasteiger partial charge on any atom is -0.447 e. The van der Waals surface area contributed by atoms with Crippen molar-refractivity contribution >= 4 is 19.9 Å². The summed E-state index contributed by atoms with van der Waals surface area (Å²) in [6.45, 7) is 0.122. The quantitative estimate of drug-likeness (QED) is 0.780. The highest BCUT2D eigenvalue weighted by Gasteiger charge is 2.28. The predicted octanol–water partition coefficient (Wildman–Crippen LogP) is -0.406. The summed E-state index contributed by atoms with van der Waals surface area (Å²) in [5, 5.41) is -0.193. The first-order valence-corrected chi connectivity index (χ1v) is 9.14. The molecule has 2 rings (SSSR count). The van der Waals surface area contributed by atoms with Crippen LogP contribution in [0, 0.1) is 0 Å². The number of sulfonamides is 1. The lowest BCUT2D eigenvalue weighted by Gasteiger charge is -2.22. The molecule has 0 spiro atoms. The third-order valence-corrected chi connectivity index (χ3v) is 6.09. The van der Waals surface area contributed by atoms with Crippen LogP contribution in [0.2, 0.25) is 0 Å². The first-order chi connectivity index (χ1) is 8.82. The number of furan rings is 1. The second kappa shape index (κ2) is 5.23. The van der Waals surface area contributed by atoms with E-state index >= 15 is 0 Å². The Morgan fingerprint density at radius 1 is 1.32 bits per heavy atom. The van der Waals surface area contributed by atoms with Crippen LogP contribution in [0.5, 0.6) is 0 Å². The Kier molecular flexibility index (Phi) is 4.00. The average molecular weight is 308 g/mol. The molecule has 0 radical (unpaired) electrons. The van der Waals surface area contributed by atoms with Crippen molar-refractivity contribution in [3.8, 4) is 0 Å². The van der Waals surface area contributed by atoms with Crippen LogP contribution in [0.3, 0.4) is 0 Å². The van der Waals surface area contributed by atoms with E-state index < -0.39 is 19.9 Å². The maximum atomic E-state index is 12.0. The zero-order valence-electron chi connectivity index (χ0n) is 10.2. The maximum absolute atomic E-state index is 12.0. The van der Waals surface area contributed by atoms with Gasteiger partial charge in [0.2, 0.25) is 5.09 Å². The molecule has 1 aliphatic rings. The van der Waals surface area contributed by atoms with Gasteiger partial charge >= 0.3 is 0 Å². The Labute approximate surface area is 112 Å². The fraction of sp³-hybridized carbons (Fsp3) is 0.600. The number of nitrogens with two attached hydrogens (primary N) is 1. The number of nitrogens with one attached hydrogen (secondary N) is 1. The molecule has 0 amide bonds. The minimum atomic E-state index is -3.75. The second-order valence-electron chi connectivity index (χ2n) is 4.47. The average Bonchev–Trinajstić information content (AvgIpc) is 2.81. The summed E-state index contributed by atoms with van der Waals surface area (Å²) in [7, 11) is -6.76. The molecule has 9 heteroatoms. The van der Waals surface area contributed by atoms with Gasteiger partial charge in [0.05, 0.1) is 18.1 Å². The van der Waals surface area contributed by atoms with Crippen LogP contribution in [-0.4, -0.2) is 34.4 Å². The fourth-order valence-electron chi connectivity index (χ4n) is 1.90. The molecule has 108 valence electrons. The van der Waals surface area contributed by atoms with Gasteiger partial charge in [0.15, 0.2) is 0 Å². The molecule has 3 N–H and O–H groups in total. The van der Waals surface area contributed by atoms with Crippen LogP contribution in [0.25, 0.3) is 0 Å². The van der Waals surface area contributed by atoms with Gasteiger partial charge in [-0.2, -0.15) is 0 Å². The molecule has 0 atom stereocenters. The molecule has 0 aliphatic carbocycles. The lowest BCUT2D eigenvalue weighted by Crippen LogP contribution is -2.40. The van der Waals surface area contributed by atoms with Crippen LogP contribution < -0.4 is 10.5 Å². The Morgan fingerprint density at radius 3 is 2.47 bits per heavy atom. The normalized spacial score (nSPS) is 20.5. The second-order valence-corrected chi connectivity index (χ2v) is 8.42.